The molecule has 0 aliphatic rings. The molecule has 6 nitrogen and oxygen atoms in total. The van der Waals surface area contributed by atoms with Crippen molar-refractivity contribution in [3.8, 4) is 10.6 Å². The number of hydrogen-bond acceptors (Lipinski definition) is 6. The summed E-state index contributed by atoms with van der Waals surface area (Å²) in [6.07, 6.45) is -0.846. The van der Waals surface area contributed by atoms with Gasteiger partial charge in [0.2, 0.25) is 0 Å². The Balaban J connectivity index is 2.36. The largest absolute Gasteiger partial charge is 0.394 e. The average molecular weight is 254 g/mol. The van der Waals surface area contributed by atoms with Crippen LogP contribution in [0.3, 0.4) is 0 Å². The quantitative estimate of drug-likeness (QED) is 0.687. The van der Waals surface area contributed by atoms with Crippen molar-refractivity contribution in [3.63, 3.8) is 0 Å². The van der Waals surface area contributed by atoms with Gasteiger partial charge in [-0.15, -0.1) is 16.4 Å². The minimum atomic E-state index is -0.846. The Morgan fingerprint density at radius 2 is 2.35 bits per heavy atom. The van der Waals surface area contributed by atoms with Gasteiger partial charge in [0.05, 0.1) is 24.1 Å². The van der Waals surface area contributed by atoms with E-state index >= 15 is 0 Å². The van der Waals surface area contributed by atoms with Crippen LogP contribution in [-0.2, 0) is 13.1 Å². The first-order valence-electron chi connectivity index (χ1n) is 5.21. The third kappa shape index (κ3) is 2.52. The standard InChI is InChI=1S/C10H14N4O2S/c11-4-8-10(9-2-1-3-17-9)14(13-12-8)5-7(16)6-15/h1-3,7,15-16H,4-6,11H2. The summed E-state index contributed by atoms with van der Waals surface area (Å²) in [5.41, 5.74) is 7.12. The van der Waals surface area contributed by atoms with Gasteiger partial charge in [0.25, 0.3) is 0 Å². The molecule has 0 bridgehead atoms. The molecule has 0 saturated carbocycles. The van der Waals surface area contributed by atoms with Crippen LogP contribution in [0.4, 0.5) is 0 Å². The molecule has 0 saturated heterocycles. The maximum absolute atomic E-state index is 9.45. The zero-order valence-corrected chi connectivity index (χ0v) is 9.97. The molecular formula is C10H14N4O2S. The van der Waals surface area contributed by atoms with Crippen molar-refractivity contribution in [2.45, 2.75) is 19.2 Å². The first kappa shape index (κ1) is 12.2. The second-order valence-corrected chi connectivity index (χ2v) is 4.53. The number of nitrogens with zero attached hydrogens (tertiary/aromatic N) is 3. The van der Waals surface area contributed by atoms with Crippen molar-refractivity contribution in [2.75, 3.05) is 6.61 Å². The maximum atomic E-state index is 9.45. The molecule has 92 valence electrons. The summed E-state index contributed by atoms with van der Waals surface area (Å²) in [6.45, 7) is 0.195. The zero-order chi connectivity index (χ0) is 12.3. The summed E-state index contributed by atoms with van der Waals surface area (Å²) in [5, 5.41) is 28.2. The first-order valence-corrected chi connectivity index (χ1v) is 6.09. The van der Waals surface area contributed by atoms with Gasteiger partial charge in [-0.05, 0) is 11.4 Å². The van der Waals surface area contributed by atoms with Crippen molar-refractivity contribution in [1.29, 1.82) is 0 Å². The van der Waals surface area contributed by atoms with E-state index in [0.29, 0.717) is 12.2 Å². The smallest absolute Gasteiger partial charge is 0.105 e. The summed E-state index contributed by atoms with van der Waals surface area (Å²) in [5.74, 6) is 0. The van der Waals surface area contributed by atoms with Gasteiger partial charge in [0, 0.05) is 6.54 Å². The molecule has 1 unspecified atom stereocenters. The summed E-state index contributed by atoms with van der Waals surface area (Å²) in [6, 6.07) is 3.88. The van der Waals surface area contributed by atoms with Gasteiger partial charge in [-0.3, -0.25) is 0 Å². The molecule has 2 aromatic heterocycles. The van der Waals surface area contributed by atoms with E-state index in [2.05, 4.69) is 10.3 Å². The van der Waals surface area contributed by atoms with E-state index < -0.39 is 6.10 Å². The van der Waals surface area contributed by atoms with Crippen LogP contribution >= 0.6 is 11.3 Å². The first-order chi connectivity index (χ1) is 8.26. The van der Waals surface area contributed by atoms with Crippen molar-refractivity contribution in [2.24, 2.45) is 5.73 Å². The topological polar surface area (TPSA) is 97.2 Å². The average Bonchev–Trinajstić information content (AvgIpc) is 2.96. The molecule has 2 aromatic rings. The van der Waals surface area contributed by atoms with E-state index in [-0.39, 0.29) is 13.2 Å². The molecule has 7 heteroatoms. The van der Waals surface area contributed by atoms with E-state index in [4.69, 9.17) is 10.8 Å². The Bertz CT molecular complexity index is 469. The van der Waals surface area contributed by atoms with E-state index in [0.717, 1.165) is 10.6 Å². The predicted molar refractivity (Wildman–Crippen MR) is 64.3 cm³/mol. The van der Waals surface area contributed by atoms with E-state index in [9.17, 15) is 5.11 Å². The number of rotatable bonds is 5. The molecule has 2 heterocycles. The minimum Gasteiger partial charge on any atom is -0.394 e. The highest BCUT2D eigenvalue weighted by Crippen LogP contribution is 2.26. The van der Waals surface area contributed by atoms with Gasteiger partial charge in [-0.1, -0.05) is 11.3 Å². The van der Waals surface area contributed by atoms with Gasteiger partial charge in [0.15, 0.2) is 0 Å². The summed E-state index contributed by atoms with van der Waals surface area (Å²) in [4.78, 5) is 1.00. The van der Waals surface area contributed by atoms with Crippen molar-refractivity contribution < 1.29 is 10.2 Å². The van der Waals surface area contributed by atoms with Crippen LogP contribution in [0.1, 0.15) is 5.69 Å². The third-order valence-electron chi connectivity index (χ3n) is 2.35. The third-order valence-corrected chi connectivity index (χ3v) is 3.22. The van der Waals surface area contributed by atoms with Gasteiger partial charge in [-0.25, -0.2) is 4.68 Å². The molecule has 0 spiro atoms. The summed E-state index contributed by atoms with van der Waals surface area (Å²) < 4.78 is 1.58. The normalized spacial score (nSPS) is 12.9. The monoisotopic (exact) mass is 254 g/mol. The van der Waals surface area contributed by atoms with Crippen molar-refractivity contribution in [3.05, 3.63) is 23.2 Å². The van der Waals surface area contributed by atoms with Crippen LogP contribution in [0.15, 0.2) is 17.5 Å². The maximum Gasteiger partial charge on any atom is 0.105 e. The fourth-order valence-electron chi connectivity index (χ4n) is 1.55. The molecule has 0 aliphatic carbocycles. The van der Waals surface area contributed by atoms with Crippen LogP contribution in [0.5, 0.6) is 0 Å². The predicted octanol–water partition coefficient (Wildman–Crippen LogP) is -0.181. The number of hydrogen-bond donors (Lipinski definition) is 3. The number of thiophene rings is 1. The summed E-state index contributed by atoms with van der Waals surface area (Å²) >= 11 is 1.56. The molecule has 0 fully saturated rings. The Labute approximate surface area is 102 Å². The van der Waals surface area contributed by atoms with Crippen LogP contribution in [-0.4, -0.2) is 37.9 Å². The van der Waals surface area contributed by atoms with Crippen LogP contribution in [0, 0.1) is 0 Å². The minimum absolute atomic E-state index is 0.205. The molecule has 4 N–H and O–H groups in total. The number of nitrogens with two attached hydrogens (primary N) is 1. The SMILES string of the molecule is NCc1nnn(CC(O)CO)c1-c1cccs1. The highest BCUT2D eigenvalue weighted by molar-refractivity contribution is 7.13. The molecular weight excluding hydrogens is 240 g/mol. The van der Waals surface area contributed by atoms with E-state index in [1.54, 1.807) is 16.0 Å². The lowest BCUT2D eigenvalue weighted by molar-refractivity contribution is 0.0782. The van der Waals surface area contributed by atoms with Gasteiger partial charge >= 0.3 is 0 Å². The molecule has 2 rings (SSSR count). The fourth-order valence-corrected chi connectivity index (χ4v) is 2.35. The lowest BCUT2D eigenvalue weighted by Crippen LogP contribution is -2.21. The van der Waals surface area contributed by atoms with Gasteiger partial charge < -0.3 is 15.9 Å². The van der Waals surface area contributed by atoms with Gasteiger partial charge in [0.1, 0.15) is 11.4 Å². The Hall–Kier alpha value is -1.28. The number of aromatic nitrogens is 3. The number of aliphatic hydroxyl groups excluding tert-OH is 2. The van der Waals surface area contributed by atoms with Crippen molar-refractivity contribution >= 4 is 11.3 Å². The zero-order valence-electron chi connectivity index (χ0n) is 9.15. The molecule has 0 radical (unpaired) electrons. The molecule has 17 heavy (non-hydrogen) atoms. The van der Waals surface area contributed by atoms with E-state index in [1.165, 1.54) is 0 Å². The lowest BCUT2D eigenvalue weighted by Gasteiger charge is -2.09. The molecule has 0 aromatic carbocycles. The van der Waals surface area contributed by atoms with E-state index in [1.807, 2.05) is 17.5 Å². The highest BCUT2D eigenvalue weighted by Gasteiger charge is 2.16. The highest BCUT2D eigenvalue weighted by atomic mass is 32.1. The fraction of sp³-hybridized carbons (Fsp3) is 0.400. The van der Waals surface area contributed by atoms with Crippen LogP contribution < -0.4 is 5.73 Å². The Morgan fingerprint density at radius 1 is 1.53 bits per heavy atom. The van der Waals surface area contributed by atoms with Crippen LogP contribution in [0.25, 0.3) is 10.6 Å². The molecule has 1 atom stereocenters. The lowest BCUT2D eigenvalue weighted by atomic mass is 10.2. The Kier molecular flexibility index (Phi) is 3.85. The van der Waals surface area contributed by atoms with Gasteiger partial charge in [-0.2, -0.15) is 0 Å². The second-order valence-electron chi connectivity index (χ2n) is 3.58. The van der Waals surface area contributed by atoms with Crippen molar-refractivity contribution in [1.82, 2.24) is 15.0 Å². The molecule has 0 aliphatic heterocycles. The van der Waals surface area contributed by atoms with Crippen LogP contribution in [0.2, 0.25) is 0 Å². The number of aliphatic hydroxyl groups is 2. The summed E-state index contributed by atoms with van der Waals surface area (Å²) in [7, 11) is 0. The second kappa shape index (κ2) is 5.37. The Morgan fingerprint density at radius 3 is 2.94 bits per heavy atom. The molecule has 0 amide bonds.